The smallest absolute Gasteiger partial charge is 0.204 e. The number of halogens is 1. The molecule has 0 bridgehead atoms. The van der Waals surface area contributed by atoms with E-state index in [0.717, 1.165) is 21.3 Å². The third kappa shape index (κ3) is 2.85. The molecule has 6 heteroatoms. The molecule has 0 aliphatic heterocycles. The molecule has 0 radical (unpaired) electrons. The van der Waals surface area contributed by atoms with Gasteiger partial charge in [-0.1, -0.05) is 15.9 Å². The maximum Gasteiger partial charge on any atom is 0.204 e. The summed E-state index contributed by atoms with van der Waals surface area (Å²) in [5.41, 5.74) is 3.28. The van der Waals surface area contributed by atoms with Crippen molar-refractivity contribution in [2.75, 3.05) is 24.8 Å². The van der Waals surface area contributed by atoms with Crippen molar-refractivity contribution in [1.29, 1.82) is 0 Å². The predicted molar refractivity (Wildman–Crippen MR) is 85.0 cm³/mol. The van der Waals surface area contributed by atoms with Crippen molar-refractivity contribution >= 4 is 33.3 Å². The Bertz CT molecular complexity index is 608. The largest absolute Gasteiger partial charge is 0.490 e. The monoisotopic (exact) mass is 336 g/mol. The molecular weight excluding hydrogens is 320 g/mol. The van der Waals surface area contributed by atoms with Gasteiger partial charge in [-0.2, -0.15) is 0 Å². The Morgan fingerprint density at radius 3 is 2.25 bits per heavy atom. The standard InChI is InChI=1S/C14H17BrN4O/c1-8-5-10(6-9(2)11(8)15)19-14-12(20-4)13(16-3)17-7-18-14/h5-7H,1-4H3,(H2,16,17,18,19). The fraction of sp³-hybridized carbons (Fsp3) is 0.286. The molecule has 20 heavy (non-hydrogen) atoms. The van der Waals surface area contributed by atoms with Crippen molar-refractivity contribution in [3.05, 3.63) is 34.1 Å². The molecule has 2 rings (SSSR count). The van der Waals surface area contributed by atoms with E-state index >= 15 is 0 Å². The van der Waals surface area contributed by atoms with Crippen molar-refractivity contribution < 1.29 is 4.74 Å². The maximum atomic E-state index is 5.36. The molecule has 1 heterocycles. The molecule has 0 aliphatic carbocycles. The number of aryl methyl sites for hydroxylation is 2. The van der Waals surface area contributed by atoms with Gasteiger partial charge in [0.05, 0.1) is 7.11 Å². The second-order valence-corrected chi connectivity index (χ2v) is 5.20. The molecule has 1 aromatic carbocycles. The van der Waals surface area contributed by atoms with Crippen molar-refractivity contribution in [3.63, 3.8) is 0 Å². The minimum absolute atomic E-state index is 0.591. The second-order valence-electron chi connectivity index (χ2n) is 4.40. The van der Waals surface area contributed by atoms with E-state index in [2.05, 4.69) is 62.5 Å². The van der Waals surface area contributed by atoms with E-state index in [-0.39, 0.29) is 0 Å². The highest BCUT2D eigenvalue weighted by Crippen LogP contribution is 2.32. The zero-order chi connectivity index (χ0) is 14.7. The second kappa shape index (κ2) is 6.09. The predicted octanol–water partition coefficient (Wildman–Crippen LogP) is 3.65. The molecule has 0 atom stereocenters. The lowest BCUT2D eigenvalue weighted by Crippen LogP contribution is -2.03. The highest BCUT2D eigenvalue weighted by Gasteiger charge is 2.12. The minimum Gasteiger partial charge on any atom is -0.490 e. The molecule has 0 amide bonds. The van der Waals surface area contributed by atoms with Crippen LogP contribution in [0.3, 0.4) is 0 Å². The Hall–Kier alpha value is -1.82. The average molecular weight is 337 g/mol. The van der Waals surface area contributed by atoms with Crippen LogP contribution < -0.4 is 15.4 Å². The summed E-state index contributed by atoms with van der Waals surface area (Å²) in [5.74, 6) is 1.87. The van der Waals surface area contributed by atoms with Crippen LogP contribution in [0.4, 0.5) is 17.3 Å². The molecule has 1 aromatic heterocycles. The van der Waals surface area contributed by atoms with Crippen molar-refractivity contribution in [2.24, 2.45) is 0 Å². The van der Waals surface area contributed by atoms with E-state index in [4.69, 9.17) is 4.74 Å². The van der Waals surface area contributed by atoms with Crippen molar-refractivity contribution in [3.8, 4) is 5.75 Å². The fourth-order valence-electron chi connectivity index (χ4n) is 1.99. The fourth-order valence-corrected chi connectivity index (χ4v) is 2.22. The molecule has 0 spiro atoms. The Morgan fingerprint density at radius 1 is 1.10 bits per heavy atom. The van der Waals surface area contributed by atoms with Crippen LogP contribution in [-0.2, 0) is 0 Å². The Kier molecular flexibility index (Phi) is 4.44. The van der Waals surface area contributed by atoms with Crippen LogP contribution in [0, 0.1) is 13.8 Å². The first kappa shape index (κ1) is 14.6. The summed E-state index contributed by atoms with van der Waals surface area (Å²) in [6, 6.07) is 4.11. The first-order valence-corrected chi connectivity index (χ1v) is 6.96. The van der Waals surface area contributed by atoms with E-state index in [9.17, 15) is 0 Å². The van der Waals surface area contributed by atoms with Gasteiger partial charge in [-0.3, -0.25) is 0 Å². The number of nitrogens with one attached hydrogen (secondary N) is 2. The number of hydrogen-bond acceptors (Lipinski definition) is 5. The van der Waals surface area contributed by atoms with E-state index in [1.165, 1.54) is 6.33 Å². The molecule has 0 saturated carbocycles. The summed E-state index contributed by atoms with van der Waals surface area (Å²) in [7, 11) is 3.39. The normalized spacial score (nSPS) is 10.2. The lowest BCUT2D eigenvalue weighted by atomic mass is 10.1. The van der Waals surface area contributed by atoms with Crippen LogP contribution in [-0.4, -0.2) is 24.1 Å². The van der Waals surface area contributed by atoms with Crippen LogP contribution in [0.5, 0.6) is 5.75 Å². The highest BCUT2D eigenvalue weighted by atomic mass is 79.9. The number of ether oxygens (including phenoxy) is 1. The molecule has 106 valence electrons. The molecule has 0 fully saturated rings. The van der Waals surface area contributed by atoms with Crippen LogP contribution in [0.1, 0.15) is 11.1 Å². The number of aromatic nitrogens is 2. The molecule has 0 aliphatic rings. The molecule has 0 saturated heterocycles. The lowest BCUT2D eigenvalue weighted by Gasteiger charge is -2.14. The summed E-state index contributed by atoms with van der Waals surface area (Å²) in [6.07, 6.45) is 1.50. The third-order valence-electron chi connectivity index (χ3n) is 2.94. The average Bonchev–Trinajstić information content (AvgIpc) is 2.44. The third-order valence-corrected chi connectivity index (χ3v) is 4.19. The quantitative estimate of drug-likeness (QED) is 0.892. The van der Waals surface area contributed by atoms with Gasteiger partial charge in [0.15, 0.2) is 11.6 Å². The molecule has 0 unspecified atom stereocenters. The maximum absolute atomic E-state index is 5.36. The van der Waals surface area contributed by atoms with Crippen LogP contribution in [0.25, 0.3) is 0 Å². The van der Waals surface area contributed by atoms with Gasteiger partial charge in [0.2, 0.25) is 5.75 Å². The van der Waals surface area contributed by atoms with Crippen LogP contribution in [0.15, 0.2) is 22.9 Å². The summed E-state index contributed by atoms with van der Waals surface area (Å²) in [5, 5.41) is 6.25. The first-order chi connectivity index (χ1) is 9.56. The van der Waals surface area contributed by atoms with Crippen molar-refractivity contribution in [1.82, 2.24) is 9.97 Å². The van der Waals surface area contributed by atoms with Crippen molar-refractivity contribution in [2.45, 2.75) is 13.8 Å². The number of methoxy groups -OCH3 is 1. The minimum atomic E-state index is 0.591. The van der Waals surface area contributed by atoms with E-state index < -0.39 is 0 Å². The Morgan fingerprint density at radius 2 is 1.70 bits per heavy atom. The molecule has 2 aromatic rings. The number of hydrogen-bond donors (Lipinski definition) is 2. The number of benzene rings is 1. The van der Waals surface area contributed by atoms with Crippen LogP contribution in [0.2, 0.25) is 0 Å². The number of anilines is 3. The van der Waals surface area contributed by atoms with Crippen LogP contribution >= 0.6 is 15.9 Å². The molecule has 2 N–H and O–H groups in total. The molecular formula is C14H17BrN4O. The van der Waals surface area contributed by atoms with Gasteiger partial charge >= 0.3 is 0 Å². The highest BCUT2D eigenvalue weighted by molar-refractivity contribution is 9.10. The van der Waals surface area contributed by atoms with E-state index in [1.54, 1.807) is 14.2 Å². The van der Waals surface area contributed by atoms with Gasteiger partial charge in [0, 0.05) is 17.2 Å². The SMILES string of the molecule is CNc1ncnc(Nc2cc(C)c(Br)c(C)c2)c1OC. The topological polar surface area (TPSA) is 59.1 Å². The summed E-state index contributed by atoms with van der Waals surface area (Å²) >= 11 is 3.56. The molecule has 5 nitrogen and oxygen atoms in total. The van der Waals surface area contributed by atoms with Gasteiger partial charge < -0.3 is 15.4 Å². The lowest BCUT2D eigenvalue weighted by molar-refractivity contribution is 0.415. The first-order valence-electron chi connectivity index (χ1n) is 6.17. The summed E-state index contributed by atoms with van der Waals surface area (Å²) in [6.45, 7) is 4.11. The van der Waals surface area contributed by atoms with Gasteiger partial charge in [0.25, 0.3) is 0 Å². The van der Waals surface area contributed by atoms with Gasteiger partial charge in [-0.05, 0) is 37.1 Å². The summed E-state index contributed by atoms with van der Waals surface area (Å²) < 4.78 is 6.48. The van der Waals surface area contributed by atoms with Gasteiger partial charge in [-0.25, -0.2) is 9.97 Å². The van der Waals surface area contributed by atoms with Gasteiger partial charge in [-0.15, -0.1) is 0 Å². The zero-order valence-electron chi connectivity index (χ0n) is 11.9. The number of nitrogens with zero attached hydrogens (tertiary/aromatic N) is 2. The summed E-state index contributed by atoms with van der Waals surface area (Å²) in [4.78, 5) is 8.36. The van der Waals surface area contributed by atoms with Gasteiger partial charge in [0.1, 0.15) is 6.33 Å². The number of rotatable bonds is 4. The zero-order valence-corrected chi connectivity index (χ0v) is 13.5. The van der Waals surface area contributed by atoms with E-state index in [1.807, 2.05) is 0 Å². The Labute approximate surface area is 126 Å². The van der Waals surface area contributed by atoms with E-state index in [0.29, 0.717) is 17.4 Å². The Balaban J connectivity index is 2.40.